The highest BCUT2D eigenvalue weighted by Crippen LogP contribution is 2.21. The van der Waals surface area contributed by atoms with Gasteiger partial charge in [0.15, 0.2) is 0 Å². The van der Waals surface area contributed by atoms with Gasteiger partial charge in [-0.25, -0.2) is 0 Å². The van der Waals surface area contributed by atoms with Crippen LogP contribution in [0.25, 0.3) is 0 Å². The van der Waals surface area contributed by atoms with Gasteiger partial charge >= 0.3 is 0 Å². The third kappa shape index (κ3) is 3.74. The molecular weight excluding hydrogens is 270 g/mol. The van der Waals surface area contributed by atoms with Crippen LogP contribution in [-0.2, 0) is 14.4 Å². The van der Waals surface area contributed by atoms with E-state index in [1.807, 2.05) is 18.7 Å². The van der Waals surface area contributed by atoms with Gasteiger partial charge in [0.05, 0.1) is 5.92 Å². The summed E-state index contributed by atoms with van der Waals surface area (Å²) >= 11 is 0. The van der Waals surface area contributed by atoms with E-state index in [2.05, 4.69) is 5.32 Å². The Kier molecular flexibility index (Phi) is 4.85. The van der Waals surface area contributed by atoms with Gasteiger partial charge < -0.3 is 15.1 Å². The number of rotatable bonds is 3. The molecule has 0 aliphatic carbocycles. The molecular formula is C15H25N3O3. The van der Waals surface area contributed by atoms with Crippen molar-refractivity contribution >= 4 is 17.7 Å². The van der Waals surface area contributed by atoms with E-state index in [1.165, 1.54) is 0 Å². The zero-order chi connectivity index (χ0) is 15.6. The number of carbonyl (C=O) groups excluding carboxylic acids is 3. The Morgan fingerprint density at radius 3 is 2.33 bits per heavy atom. The van der Waals surface area contributed by atoms with Crippen molar-refractivity contribution in [2.24, 2.45) is 5.92 Å². The fraction of sp³-hybridized carbons (Fsp3) is 0.800. The summed E-state index contributed by atoms with van der Waals surface area (Å²) in [5.74, 6) is -0.0937. The maximum atomic E-state index is 12.3. The first-order valence-corrected chi connectivity index (χ1v) is 7.74. The summed E-state index contributed by atoms with van der Waals surface area (Å²) in [4.78, 5) is 39.0. The van der Waals surface area contributed by atoms with Gasteiger partial charge in [0.2, 0.25) is 17.7 Å². The summed E-state index contributed by atoms with van der Waals surface area (Å²) in [5.41, 5.74) is 0. The first kappa shape index (κ1) is 15.8. The maximum absolute atomic E-state index is 12.3. The molecule has 2 rings (SSSR count). The zero-order valence-electron chi connectivity index (χ0n) is 13.1. The molecule has 0 aromatic heterocycles. The van der Waals surface area contributed by atoms with Crippen LogP contribution in [0, 0.1) is 5.92 Å². The van der Waals surface area contributed by atoms with E-state index in [9.17, 15) is 14.4 Å². The highest BCUT2D eigenvalue weighted by molar-refractivity contribution is 5.89. The Balaban J connectivity index is 1.81. The Hall–Kier alpha value is -1.59. The summed E-state index contributed by atoms with van der Waals surface area (Å²) in [7, 11) is 0. The van der Waals surface area contributed by atoms with E-state index in [0.29, 0.717) is 26.1 Å². The highest BCUT2D eigenvalue weighted by Gasteiger charge is 2.36. The second kappa shape index (κ2) is 6.45. The summed E-state index contributed by atoms with van der Waals surface area (Å²) in [6, 6.07) is 0.269. The second-order valence-electron chi connectivity index (χ2n) is 6.33. The summed E-state index contributed by atoms with van der Waals surface area (Å²) < 4.78 is 0. The molecule has 3 amide bonds. The van der Waals surface area contributed by atoms with Gasteiger partial charge in [-0.2, -0.15) is 0 Å². The van der Waals surface area contributed by atoms with Crippen LogP contribution >= 0.6 is 0 Å². The van der Waals surface area contributed by atoms with Gasteiger partial charge in [0, 0.05) is 45.1 Å². The average Bonchev–Trinajstić information content (AvgIpc) is 2.81. The molecule has 0 saturated carbocycles. The van der Waals surface area contributed by atoms with E-state index in [4.69, 9.17) is 0 Å². The molecule has 0 aromatic rings. The van der Waals surface area contributed by atoms with Crippen molar-refractivity contribution in [1.82, 2.24) is 15.1 Å². The molecule has 2 saturated heterocycles. The smallest absolute Gasteiger partial charge is 0.225 e. The van der Waals surface area contributed by atoms with Crippen molar-refractivity contribution in [2.75, 3.05) is 19.6 Å². The molecule has 1 N–H and O–H groups in total. The molecule has 1 unspecified atom stereocenters. The number of carbonyl (C=O) groups is 3. The largest absolute Gasteiger partial charge is 0.353 e. The average molecular weight is 295 g/mol. The van der Waals surface area contributed by atoms with Crippen molar-refractivity contribution in [1.29, 1.82) is 0 Å². The standard InChI is InChI=1S/C15H25N3O3/c1-10(2)18-9-12(8-14(18)20)15(21)16-13-4-6-17(7-5-13)11(3)19/h10,12-13H,4-9H2,1-3H3,(H,16,21). The lowest BCUT2D eigenvalue weighted by atomic mass is 10.0. The van der Waals surface area contributed by atoms with E-state index in [0.717, 1.165) is 12.8 Å². The van der Waals surface area contributed by atoms with E-state index in [-0.39, 0.29) is 35.7 Å². The third-order valence-corrected chi connectivity index (χ3v) is 4.44. The van der Waals surface area contributed by atoms with Crippen molar-refractivity contribution in [2.45, 2.75) is 52.1 Å². The van der Waals surface area contributed by atoms with Crippen LogP contribution in [-0.4, -0.2) is 59.2 Å². The number of hydrogen-bond donors (Lipinski definition) is 1. The molecule has 1 atom stereocenters. The van der Waals surface area contributed by atoms with E-state index in [1.54, 1.807) is 11.8 Å². The zero-order valence-corrected chi connectivity index (χ0v) is 13.1. The predicted octanol–water partition coefficient (Wildman–Crippen LogP) is 0.370. The second-order valence-corrected chi connectivity index (χ2v) is 6.33. The molecule has 21 heavy (non-hydrogen) atoms. The Morgan fingerprint density at radius 2 is 1.86 bits per heavy atom. The number of nitrogens with one attached hydrogen (secondary N) is 1. The fourth-order valence-corrected chi connectivity index (χ4v) is 3.06. The van der Waals surface area contributed by atoms with Crippen LogP contribution in [0.1, 0.15) is 40.0 Å². The lowest BCUT2D eigenvalue weighted by molar-refractivity contribution is -0.131. The number of piperidine rings is 1. The number of likely N-dealkylation sites (tertiary alicyclic amines) is 2. The molecule has 0 bridgehead atoms. The SMILES string of the molecule is CC(=O)N1CCC(NC(=O)C2CC(=O)N(C(C)C)C2)CC1. The maximum Gasteiger partial charge on any atom is 0.225 e. The van der Waals surface area contributed by atoms with Crippen molar-refractivity contribution in [3.63, 3.8) is 0 Å². The summed E-state index contributed by atoms with van der Waals surface area (Å²) in [6.07, 6.45) is 1.90. The van der Waals surface area contributed by atoms with Crippen LogP contribution in [0.5, 0.6) is 0 Å². The number of amides is 3. The molecule has 0 aromatic carbocycles. The van der Waals surface area contributed by atoms with Gasteiger partial charge in [-0.3, -0.25) is 14.4 Å². The quantitative estimate of drug-likeness (QED) is 0.818. The van der Waals surface area contributed by atoms with E-state index >= 15 is 0 Å². The summed E-state index contributed by atoms with van der Waals surface area (Å²) in [6.45, 7) is 7.42. The molecule has 6 nitrogen and oxygen atoms in total. The normalized spacial score (nSPS) is 23.8. The van der Waals surface area contributed by atoms with Gasteiger partial charge in [-0.15, -0.1) is 0 Å². The lowest BCUT2D eigenvalue weighted by Crippen LogP contribution is -2.47. The van der Waals surface area contributed by atoms with Crippen molar-refractivity contribution in [3.05, 3.63) is 0 Å². The Labute approximate surface area is 125 Å². The van der Waals surface area contributed by atoms with Crippen molar-refractivity contribution < 1.29 is 14.4 Å². The van der Waals surface area contributed by atoms with Crippen LogP contribution in [0.15, 0.2) is 0 Å². The predicted molar refractivity (Wildman–Crippen MR) is 78.4 cm³/mol. The molecule has 6 heteroatoms. The fourth-order valence-electron chi connectivity index (χ4n) is 3.06. The molecule has 2 aliphatic heterocycles. The molecule has 2 heterocycles. The topological polar surface area (TPSA) is 69.7 Å². The van der Waals surface area contributed by atoms with Crippen LogP contribution in [0.4, 0.5) is 0 Å². The van der Waals surface area contributed by atoms with Gasteiger partial charge in [-0.05, 0) is 26.7 Å². The first-order valence-electron chi connectivity index (χ1n) is 7.74. The minimum atomic E-state index is -0.231. The third-order valence-electron chi connectivity index (χ3n) is 4.44. The van der Waals surface area contributed by atoms with Gasteiger partial charge in [0.25, 0.3) is 0 Å². The van der Waals surface area contributed by atoms with Crippen molar-refractivity contribution in [3.8, 4) is 0 Å². The minimum Gasteiger partial charge on any atom is -0.353 e. The number of nitrogens with zero attached hydrogens (tertiary/aromatic N) is 2. The highest BCUT2D eigenvalue weighted by atomic mass is 16.2. The van der Waals surface area contributed by atoms with Gasteiger partial charge in [-0.1, -0.05) is 0 Å². The lowest BCUT2D eigenvalue weighted by Gasteiger charge is -2.32. The Morgan fingerprint density at radius 1 is 1.24 bits per heavy atom. The van der Waals surface area contributed by atoms with Crippen LogP contribution in [0.3, 0.4) is 0 Å². The number of hydrogen-bond acceptors (Lipinski definition) is 3. The van der Waals surface area contributed by atoms with Crippen LogP contribution in [0.2, 0.25) is 0 Å². The summed E-state index contributed by atoms with van der Waals surface area (Å²) in [5, 5.41) is 3.04. The molecule has 2 aliphatic rings. The molecule has 0 radical (unpaired) electrons. The molecule has 118 valence electrons. The Bertz CT molecular complexity index is 428. The van der Waals surface area contributed by atoms with E-state index < -0.39 is 0 Å². The molecule has 0 spiro atoms. The molecule has 2 fully saturated rings. The monoisotopic (exact) mass is 295 g/mol. The van der Waals surface area contributed by atoms with Gasteiger partial charge in [0.1, 0.15) is 0 Å². The first-order chi connectivity index (χ1) is 9.88. The minimum absolute atomic E-state index is 0.0206. The van der Waals surface area contributed by atoms with Crippen LogP contribution < -0.4 is 5.32 Å².